The van der Waals surface area contributed by atoms with E-state index in [0.29, 0.717) is 12.1 Å². The number of hydrogen-bond acceptors (Lipinski definition) is 3. The van der Waals surface area contributed by atoms with Crippen molar-refractivity contribution < 1.29 is 4.79 Å². The van der Waals surface area contributed by atoms with Gasteiger partial charge in [-0.3, -0.25) is 4.79 Å². The maximum atomic E-state index is 12.8. The largest absolute Gasteiger partial charge is 0.342 e. The molecule has 6 heteroatoms. The van der Waals surface area contributed by atoms with E-state index in [1.165, 1.54) is 0 Å². The Balaban J connectivity index is 0.00000288. The minimum absolute atomic E-state index is 0. The van der Waals surface area contributed by atoms with Crippen LogP contribution in [-0.2, 0) is 4.79 Å². The predicted molar refractivity (Wildman–Crippen MR) is 110 cm³/mol. The first-order valence-electron chi connectivity index (χ1n) is 8.73. The smallest absolute Gasteiger partial charge is 0.227 e. The number of carbonyl (C=O) groups is 1. The second kappa shape index (κ2) is 11.0. The molecule has 2 atom stereocenters. The number of carbonyl (C=O) groups excluding carboxylic acids is 1. The molecule has 1 aromatic rings. The van der Waals surface area contributed by atoms with Crippen molar-refractivity contribution in [1.29, 1.82) is 0 Å². The summed E-state index contributed by atoms with van der Waals surface area (Å²) >= 11 is 0. The van der Waals surface area contributed by atoms with E-state index in [1.807, 2.05) is 49.2 Å². The van der Waals surface area contributed by atoms with Crippen molar-refractivity contribution in [1.82, 2.24) is 9.80 Å². The van der Waals surface area contributed by atoms with E-state index >= 15 is 0 Å². The summed E-state index contributed by atoms with van der Waals surface area (Å²) < 4.78 is 0. The molecule has 0 aromatic heterocycles. The van der Waals surface area contributed by atoms with Crippen molar-refractivity contribution in [3.05, 3.63) is 35.9 Å². The van der Waals surface area contributed by atoms with Crippen LogP contribution < -0.4 is 5.73 Å². The van der Waals surface area contributed by atoms with Gasteiger partial charge in [0.15, 0.2) is 0 Å². The third-order valence-electron chi connectivity index (χ3n) is 5.24. The van der Waals surface area contributed by atoms with E-state index in [0.717, 1.165) is 31.5 Å². The molecule has 25 heavy (non-hydrogen) atoms. The summed E-state index contributed by atoms with van der Waals surface area (Å²) in [5.41, 5.74) is 7.34. The highest BCUT2D eigenvalue weighted by atomic mass is 35.5. The molecular formula is C19H33Cl2N3O. The number of amides is 1. The highest BCUT2D eigenvalue weighted by Gasteiger charge is 2.31. The fraction of sp³-hybridized carbons (Fsp3) is 0.632. The average Bonchev–Trinajstić information content (AvgIpc) is 2.60. The summed E-state index contributed by atoms with van der Waals surface area (Å²) in [4.78, 5) is 17.2. The Kier molecular flexibility index (Phi) is 10.7. The van der Waals surface area contributed by atoms with E-state index in [1.54, 1.807) is 0 Å². The number of piperidine rings is 1. The Labute approximate surface area is 164 Å². The molecule has 144 valence electrons. The maximum absolute atomic E-state index is 12.8. The zero-order valence-corrected chi connectivity index (χ0v) is 17.4. The van der Waals surface area contributed by atoms with Crippen LogP contribution in [0.4, 0.5) is 0 Å². The minimum atomic E-state index is -0.248. The SMILES string of the molecule is CC(C(=O)N(C)C1CCN(C(C)C)CC1)C(N)c1ccccc1.Cl.Cl. The molecule has 1 amide bonds. The van der Waals surface area contributed by atoms with Crippen molar-refractivity contribution in [2.75, 3.05) is 20.1 Å². The molecule has 0 spiro atoms. The monoisotopic (exact) mass is 389 g/mol. The Morgan fingerprint density at radius 2 is 1.64 bits per heavy atom. The highest BCUT2D eigenvalue weighted by Crippen LogP contribution is 2.24. The standard InChI is InChI=1S/C19H31N3O.2ClH/c1-14(2)22-12-10-17(11-13-22)21(4)19(23)15(3)18(20)16-8-6-5-7-9-16;;/h5-9,14-15,17-18H,10-13,20H2,1-4H3;2*1H. The van der Waals surface area contributed by atoms with Crippen LogP contribution in [0.1, 0.15) is 45.2 Å². The second-order valence-electron chi connectivity index (χ2n) is 7.04. The van der Waals surface area contributed by atoms with Crippen LogP contribution in [-0.4, -0.2) is 47.9 Å². The first kappa shape index (κ1) is 24.2. The van der Waals surface area contributed by atoms with Crippen molar-refractivity contribution >= 4 is 30.7 Å². The third-order valence-corrected chi connectivity index (χ3v) is 5.24. The second-order valence-corrected chi connectivity index (χ2v) is 7.04. The van der Waals surface area contributed by atoms with E-state index in [9.17, 15) is 4.79 Å². The molecule has 1 fully saturated rings. The third kappa shape index (κ3) is 6.14. The summed E-state index contributed by atoms with van der Waals surface area (Å²) in [5.74, 6) is -0.0464. The van der Waals surface area contributed by atoms with Crippen LogP contribution in [0.2, 0.25) is 0 Å². The van der Waals surface area contributed by atoms with Crippen LogP contribution in [0, 0.1) is 5.92 Å². The quantitative estimate of drug-likeness (QED) is 0.837. The normalized spacial score (nSPS) is 18.0. The molecule has 1 saturated heterocycles. The van der Waals surface area contributed by atoms with Gasteiger partial charge >= 0.3 is 0 Å². The van der Waals surface area contributed by atoms with E-state index in [-0.39, 0.29) is 42.7 Å². The molecule has 2 unspecified atom stereocenters. The Morgan fingerprint density at radius 1 is 1.12 bits per heavy atom. The molecule has 2 rings (SSSR count). The molecule has 2 N–H and O–H groups in total. The van der Waals surface area contributed by atoms with Gasteiger partial charge in [0.25, 0.3) is 0 Å². The van der Waals surface area contributed by atoms with Gasteiger partial charge in [-0.25, -0.2) is 0 Å². The predicted octanol–water partition coefficient (Wildman–Crippen LogP) is 3.50. The molecule has 0 radical (unpaired) electrons. The molecular weight excluding hydrogens is 357 g/mol. The summed E-state index contributed by atoms with van der Waals surface area (Å²) in [6.45, 7) is 8.55. The number of hydrogen-bond donors (Lipinski definition) is 1. The number of halogens is 2. The first-order chi connectivity index (χ1) is 10.9. The Bertz CT molecular complexity index is 505. The summed E-state index contributed by atoms with van der Waals surface area (Å²) in [7, 11) is 1.94. The molecule has 4 nitrogen and oxygen atoms in total. The number of likely N-dealkylation sites (tertiary alicyclic amines) is 1. The molecule has 1 aromatic carbocycles. The fourth-order valence-corrected chi connectivity index (χ4v) is 3.41. The summed E-state index contributed by atoms with van der Waals surface area (Å²) in [5, 5.41) is 0. The van der Waals surface area contributed by atoms with Gasteiger partial charge in [0.2, 0.25) is 5.91 Å². The number of nitrogens with zero attached hydrogens (tertiary/aromatic N) is 2. The summed E-state index contributed by atoms with van der Waals surface area (Å²) in [6, 6.07) is 10.6. The lowest BCUT2D eigenvalue weighted by Crippen LogP contribution is -2.49. The Morgan fingerprint density at radius 3 is 2.12 bits per heavy atom. The van der Waals surface area contributed by atoms with E-state index in [4.69, 9.17) is 5.73 Å². The topological polar surface area (TPSA) is 49.6 Å². The fourth-order valence-electron chi connectivity index (χ4n) is 3.41. The van der Waals surface area contributed by atoms with Gasteiger partial charge in [0.1, 0.15) is 0 Å². The van der Waals surface area contributed by atoms with Crippen LogP contribution in [0.5, 0.6) is 0 Å². The lowest BCUT2D eigenvalue weighted by Gasteiger charge is -2.39. The average molecular weight is 390 g/mol. The Hall–Kier alpha value is -0.810. The molecule has 0 aliphatic carbocycles. The van der Waals surface area contributed by atoms with Crippen molar-refractivity contribution in [3.63, 3.8) is 0 Å². The van der Waals surface area contributed by atoms with Crippen LogP contribution in [0.3, 0.4) is 0 Å². The van der Waals surface area contributed by atoms with Crippen molar-refractivity contribution in [3.8, 4) is 0 Å². The lowest BCUT2D eigenvalue weighted by atomic mass is 9.93. The first-order valence-corrected chi connectivity index (χ1v) is 8.73. The zero-order chi connectivity index (χ0) is 17.0. The van der Waals surface area contributed by atoms with Crippen LogP contribution in [0.15, 0.2) is 30.3 Å². The molecule has 0 bridgehead atoms. The minimum Gasteiger partial charge on any atom is -0.342 e. The number of rotatable bonds is 5. The molecule has 0 saturated carbocycles. The van der Waals surface area contributed by atoms with Crippen LogP contribution in [0.25, 0.3) is 0 Å². The van der Waals surface area contributed by atoms with Crippen molar-refractivity contribution in [2.24, 2.45) is 11.7 Å². The van der Waals surface area contributed by atoms with Gasteiger partial charge in [-0.2, -0.15) is 0 Å². The lowest BCUT2D eigenvalue weighted by molar-refractivity contribution is -0.137. The van der Waals surface area contributed by atoms with Gasteiger partial charge in [0.05, 0.1) is 5.92 Å². The van der Waals surface area contributed by atoms with Gasteiger partial charge in [0, 0.05) is 38.3 Å². The van der Waals surface area contributed by atoms with Gasteiger partial charge in [-0.1, -0.05) is 37.3 Å². The maximum Gasteiger partial charge on any atom is 0.227 e. The van der Waals surface area contributed by atoms with E-state index < -0.39 is 0 Å². The molecule has 1 heterocycles. The van der Waals surface area contributed by atoms with Gasteiger partial charge in [-0.15, -0.1) is 24.8 Å². The summed E-state index contributed by atoms with van der Waals surface area (Å²) in [6.07, 6.45) is 2.10. The van der Waals surface area contributed by atoms with Gasteiger partial charge < -0.3 is 15.5 Å². The van der Waals surface area contributed by atoms with Crippen molar-refractivity contribution in [2.45, 2.75) is 51.7 Å². The van der Waals surface area contributed by atoms with E-state index in [2.05, 4.69) is 18.7 Å². The highest BCUT2D eigenvalue weighted by molar-refractivity contribution is 5.85. The van der Waals surface area contributed by atoms with Gasteiger partial charge in [-0.05, 0) is 32.3 Å². The van der Waals surface area contributed by atoms with Crippen LogP contribution >= 0.6 is 24.8 Å². The molecule has 1 aliphatic rings. The molecule has 1 aliphatic heterocycles. The number of benzene rings is 1. The zero-order valence-electron chi connectivity index (χ0n) is 15.7. The number of nitrogens with two attached hydrogens (primary N) is 1.